The van der Waals surface area contributed by atoms with E-state index in [0.29, 0.717) is 5.56 Å². The number of esters is 1. The zero-order chi connectivity index (χ0) is 18.7. The van der Waals surface area contributed by atoms with Gasteiger partial charge in [0.05, 0.1) is 19.7 Å². The van der Waals surface area contributed by atoms with Crippen LogP contribution in [0.3, 0.4) is 0 Å². The van der Waals surface area contributed by atoms with Crippen molar-refractivity contribution in [1.82, 2.24) is 5.01 Å². The van der Waals surface area contributed by atoms with Gasteiger partial charge in [-0.15, -0.1) is 4.40 Å². The molecule has 0 fully saturated rings. The maximum Gasteiger partial charge on any atom is 0.309 e. The van der Waals surface area contributed by atoms with Crippen LogP contribution in [0.25, 0.3) is 0 Å². The van der Waals surface area contributed by atoms with E-state index in [2.05, 4.69) is 14.2 Å². The van der Waals surface area contributed by atoms with Gasteiger partial charge in [0, 0.05) is 12.6 Å². The van der Waals surface area contributed by atoms with Gasteiger partial charge in [0.2, 0.25) is 0 Å². The molecule has 0 saturated heterocycles. The van der Waals surface area contributed by atoms with Crippen molar-refractivity contribution in [2.75, 3.05) is 14.2 Å². The molecule has 0 aliphatic carbocycles. The van der Waals surface area contributed by atoms with Crippen molar-refractivity contribution in [2.24, 2.45) is 9.50 Å². The number of hydrogen-bond acceptors (Lipinski definition) is 6. The molecule has 0 unspecified atom stereocenters. The van der Waals surface area contributed by atoms with Crippen LogP contribution in [-0.2, 0) is 26.0 Å². The van der Waals surface area contributed by atoms with Crippen molar-refractivity contribution >= 4 is 28.0 Å². The first-order chi connectivity index (χ1) is 12.4. The molecule has 1 aliphatic heterocycles. The fourth-order valence-electron chi connectivity index (χ4n) is 2.55. The lowest BCUT2D eigenvalue weighted by Crippen LogP contribution is -2.21. The van der Waals surface area contributed by atoms with Crippen molar-refractivity contribution < 1.29 is 17.9 Å². The average molecular weight is 371 g/mol. The molecule has 8 heteroatoms. The van der Waals surface area contributed by atoms with Gasteiger partial charge in [0.15, 0.2) is 5.84 Å². The minimum Gasteiger partial charge on any atom is -0.469 e. The highest BCUT2D eigenvalue weighted by molar-refractivity contribution is 7.90. The summed E-state index contributed by atoms with van der Waals surface area (Å²) < 4.78 is 32.7. The van der Waals surface area contributed by atoms with Gasteiger partial charge in [-0.25, -0.2) is 5.01 Å². The number of rotatable bonds is 4. The minimum absolute atomic E-state index is 0.173. The molecule has 0 saturated carbocycles. The van der Waals surface area contributed by atoms with Crippen molar-refractivity contribution in [3.63, 3.8) is 0 Å². The fourth-order valence-corrected chi connectivity index (χ4v) is 3.78. The van der Waals surface area contributed by atoms with Crippen molar-refractivity contribution in [1.29, 1.82) is 0 Å². The maximum atomic E-state index is 12.1. The molecule has 0 radical (unpaired) electrons. The molecule has 0 N–H and O–H groups in total. The van der Waals surface area contributed by atoms with Crippen LogP contribution < -0.4 is 0 Å². The predicted octanol–water partition coefficient (Wildman–Crippen LogP) is 1.82. The molecule has 0 bridgehead atoms. The molecule has 0 spiro atoms. The Morgan fingerprint density at radius 3 is 2.77 bits per heavy atom. The van der Waals surface area contributed by atoms with E-state index in [1.807, 2.05) is 24.3 Å². The lowest BCUT2D eigenvalue weighted by atomic mass is 10.1. The highest BCUT2D eigenvalue weighted by atomic mass is 32.2. The number of sulfonamides is 1. The smallest absolute Gasteiger partial charge is 0.309 e. The Morgan fingerprint density at radius 2 is 2.00 bits per heavy atom. The van der Waals surface area contributed by atoms with Crippen molar-refractivity contribution in [2.45, 2.75) is 11.3 Å². The maximum absolute atomic E-state index is 12.1. The summed E-state index contributed by atoms with van der Waals surface area (Å²) in [7, 11) is -0.711. The van der Waals surface area contributed by atoms with Crippen LogP contribution in [-0.4, -0.2) is 45.6 Å². The van der Waals surface area contributed by atoms with Crippen LogP contribution in [0.15, 0.2) is 62.9 Å². The third-order valence-corrected chi connectivity index (χ3v) is 5.15. The Labute approximate surface area is 151 Å². The summed E-state index contributed by atoms with van der Waals surface area (Å²) in [6.45, 7) is 0. The van der Waals surface area contributed by atoms with Gasteiger partial charge >= 0.3 is 5.97 Å². The van der Waals surface area contributed by atoms with Gasteiger partial charge in [-0.2, -0.15) is 13.5 Å². The Balaban J connectivity index is 1.82. The predicted molar refractivity (Wildman–Crippen MR) is 97.7 cm³/mol. The molecule has 1 heterocycles. The van der Waals surface area contributed by atoms with Crippen LogP contribution in [0.2, 0.25) is 0 Å². The highest BCUT2D eigenvalue weighted by Gasteiger charge is 2.30. The summed E-state index contributed by atoms with van der Waals surface area (Å²) in [6, 6.07) is 13.9. The standard InChI is InChI=1S/C18H17N3O4S/c1-21(18-15-8-3-4-9-16(15)26(23,24)20-18)19-12-14-7-5-6-13(10-14)11-17(22)25-2/h3-10,12H,11H2,1-2H3/b19-12+. The number of fused-ring (bicyclic) bond motifs is 1. The molecule has 0 atom stereocenters. The van der Waals surface area contributed by atoms with Crippen molar-refractivity contribution in [3.05, 3.63) is 65.2 Å². The van der Waals surface area contributed by atoms with E-state index >= 15 is 0 Å². The molecule has 7 nitrogen and oxygen atoms in total. The quantitative estimate of drug-likeness (QED) is 0.465. The van der Waals surface area contributed by atoms with Gasteiger partial charge in [0.25, 0.3) is 10.0 Å². The Morgan fingerprint density at radius 1 is 1.23 bits per heavy atom. The first-order valence-corrected chi connectivity index (χ1v) is 9.22. The van der Waals surface area contributed by atoms with E-state index in [9.17, 15) is 13.2 Å². The van der Waals surface area contributed by atoms with Gasteiger partial charge in [-0.05, 0) is 29.3 Å². The molecule has 2 aromatic carbocycles. The largest absolute Gasteiger partial charge is 0.469 e. The van der Waals surface area contributed by atoms with Gasteiger partial charge < -0.3 is 4.74 Å². The summed E-state index contributed by atoms with van der Waals surface area (Å²) in [5, 5.41) is 5.69. The van der Waals surface area contributed by atoms with E-state index in [-0.39, 0.29) is 23.1 Å². The number of nitrogens with zero attached hydrogens (tertiary/aromatic N) is 3. The summed E-state index contributed by atoms with van der Waals surface area (Å²) in [4.78, 5) is 11.6. The molecule has 0 amide bonds. The molecule has 2 aromatic rings. The summed E-state index contributed by atoms with van der Waals surface area (Å²) >= 11 is 0. The number of ether oxygens (including phenoxy) is 1. The normalized spacial score (nSPS) is 14.8. The SMILES string of the molecule is COC(=O)Cc1cccc(/C=N/N(C)C2=NS(=O)(=O)c3ccccc32)c1. The summed E-state index contributed by atoms with van der Waals surface area (Å²) in [6.07, 6.45) is 1.75. The lowest BCUT2D eigenvalue weighted by Gasteiger charge is -2.12. The second kappa shape index (κ2) is 7.09. The number of amidine groups is 1. The van der Waals surface area contributed by atoms with Gasteiger partial charge in [-0.1, -0.05) is 30.3 Å². The van der Waals surface area contributed by atoms with E-state index < -0.39 is 10.0 Å². The minimum atomic E-state index is -3.68. The van der Waals surface area contributed by atoms with Gasteiger partial charge in [-0.3, -0.25) is 4.79 Å². The third kappa shape index (κ3) is 3.65. The highest BCUT2D eigenvalue weighted by Crippen LogP contribution is 2.26. The number of carbonyl (C=O) groups is 1. The van der Waals surface area contributed by atoms with E-state index in [1.165, 1.54) is 18.2 Å². The van der Waals surface area contributed by atoms with Crippen LogP contribution in [0.1, 0.15) is 16.7 Å². The second-order valence-electron chi connectivity index (χ2n) is 5.65. The summed E-state index contributed by atoms with van der Waals surface area (Å²) in [5.41, 5.74) is 2.09. The van der Waals surface area contributed by atoms with Crippen LogP contribution >= 0.6 is 0 Å². The molecule has 3 rings (SSSR count). The fraction of sp³-hybridized carbons (Fsp3) is 0.167. The number of benzene rings is 2. The first-order valence-electron chi connectivity index (χ1n) is 7.78. The Kier molecular flexibility index (Phi) is 4.85. The summed E-state index contributed by atoms with van der Waals surface area (Å²) in [5.74, 6) is -0.0547. The zero-order valence-corrected chi connectivity index (χ0v) is 15.1. The second-order valence-corrected chi connectivity index (χ2v) is 7.22. The Bertz CT molecular complexity index is 1010. The molecule has 26 heavy (non-hydrogen) atoms. The Hall–Kier alpha value is -3.00. The van der Waals surface area contributed by atoms with Crippen LogP contribution in [0.4, 0.5) is 0 Å². The number of methoxy groups -OCH3 is 1. The lowest BCUT2D eigenvalue weighted by molar-refractivity contribution is -0.139. The average Bonchev–Trinajstić information content (AvgIpc) is 2.91. The van der Waals surface area contributed by atoms with Crippen LogP contribution in [0.5, 0.6) is 0 Å². The molecular weight excluding hydrogens is 354 g/mol. The topological polar surface area (TPSA) is 88.4 Å². The van der Waals surface area contributed by atoms with Crippen molar-refractivity contribution in [3.8, 4) is 0 Å². The molecule has 134 valence electrons. The number of hydrogen-bond donors (Lipinski definition) is 0. The van der Waals surface area contributed by atoms with Gasteiger partial charge in [0.1, 0.15) is 4.90 Å². The molecule has 1 aliphatic rings. The monoisotopic (exact) mass is 371 g/mol. The van der Waals surface area contributed by atoms with E-state index in [1.54, 1.807) is 31.5 Å². The third-order valence-electron chi connectivity index (χ3n) is 3.83. The molecule has 0 aromatic heterocycles. The zero-order valence-electron chi connectivity index (χ0n) is 14.3. The number of carbonyl (C=O) groups excluding carboxylic acids is 1. The van der Waals surface area contributed by atoms with E-state index in [0.717, 1.165) is 11.1 Å². The number of hydrazone groups is 1. The van der Waals surface area contributed by atoms with Crippen LogP contribution in [0, 0.1) is 0 Å². The van der Waals surface area contributed by atoms with E-state index in [4.69, 9.17) is 0 Å². The first kappa shape index (κ1) is 17.8. The molecular formula is C18H17N3O4S.